The normalized spacial score (nSPS) is 16.3. The molecule has 1 saturated heterocycles. The number of anilines is 1. The van der Waals surface area contributed by atoms with Gasteiger partial charge in [0, 0.05) is 11.3 Å². The summed E-state index contributed by atoms with van der Waals surface area (Å²) in [7, 11) is 0. The first-order valence-corrected chi connectivity index (χ1v) is 15.4. The number of ketones is 1. The molecule has 43 heavy (non-hydrogen) atoms. The van der Waals surface area contributed by atoms with Gasteiger partial charge in [-0.15, -0.1) is 10.2 Å². The number of halogens is 1. The van der Waals surface area contributed by atoms with Gasteiger partial charge in [-0.25, -0.2) is 4.39 Å². The Balaban J connectivity index is 1.37. The Bertz CT molecular complexity index is 1880. The van der Waals surface area contributed by atoms with Crippen LogP contribution in [0.1, 0.15) is 35.2 Å². The predicted octanol–water partition coefficient (Wildman–Crippen LogP) is 7.46. The van der Waals surface area contributed by atoms with Gasteiger partial charge in [-0.1, -0.05) is 89.8 Å². The van der Waals surface area contributed by atoms with Gasteiger partial charge >= 0.3 is 5.91 Å². The number of hydrogen-bond donors (Lipinski definition) is 1. The number of aromatic nitrogens is 2. The van der Waals surface area contributed by atoms with Crippen molar-refractivity contribution in [2.24, 2.45) is 0 Å². The summed E-state index contributed by atoms with van der Waals surface area (Å²) in [6, 6.07) is 24.4. The Labute approximate surface area is 255 Å². The first-order chi connectivity index (χ1) is 20.9. The molecule has 10 heteroatoms. The topological polar surface area (TPSA) is 92.6 Å². The van der Waals surface area contributed by atoms with Crippen LogP contribution in [0.5, 0.6) is 5.75 Å². The van der Waals surface area contributed by atoms with Gasteiger partial charge < -0.3 is 9.84 Å². The quantitative estimate of drug-likeness (QED) is 0.0640. The second kappa shape index (κ2) is 12.0. The lowest BCUT2D eigenvalue weighted by Gasteiger charge is -2.22. The zero-order chi connectivity index (χ0) is 30.1. The van der Waals surface area contributed by atoms with Crippen LogP contribution in [0.25, 0.3) is 16.5 Å². The molecule has 1 N–H and O–H groups in total. The molecule has 1 aromatic heterocycles. The van der Waals surface area contributed by atoms with Crippen molar-refractivity contribution in [3.05, 3.63) is 119 Å². The van der Waals surface area contributed by atoms with Crippen molar-refractivity contribution in [3.63, 3.8) is 0 Å². The van der Waals surface area contributed by atoms with E-state index >= 15 is 0 Å². The van der Waals surface area contributed by atoms with Gasteiger partial charge in [0.15, 0.2) is 4.34 Å². The standard InChI is InChI=1S/C33H26FN3O4S2/c1-3-41-24-15-13-21(14-16-24)28-27(29(38)22-12-11-19(2)26(34)17-22)30(39)31(40)37(28)32-35-36-33(43-32)42-18-23-9-6-8-20-7-4-5-10-25(20)23/h4-17,28,38H,3,18H2,1-2H3/t28-/m0/s1. The minimum absolute atomic E-state index is 0.0978. The molecule has 0 aliphatic carbocycles. The third-order valence-electron chi connectivity index (χ3n) is 7.23. The van der Waals surface area contributed by atoms with Crippen LogP contribution >= 0.6 is 23.1 Å². The number of rotatable bonds is 8. The highest BCUT2D eigenvalue weighted by Crippen LogP contribution is 2.44. The van der Waals surface area contributed by atoms with Gasteiger partial charge in [-0.2, -0.15) is 0 Å². The monoisotopic (exact) mass is 611 g/mol. The molecule has 6 rings (SSSR count). The second-order valence-electron chi connectivity index (χ2n) is 9.91. The van der Waals surface area contributed by atoms with Gasteiger partial charge in [-0.05, 0) is 59.5 Å². The van der Waals surface area contributed by atoms with Gasteiger partial charge in [-0.3, -0.25) is 14.5 Å². The van der Waals surface area contributed by atoms with E-state index < -0.39 is 29.3 Å². The zero-order valence-electron chi connectivity index (χ0n) is 23.3. The number of carbonyl (C=O) groups excluding carboxylic acids is 2. The molecule has 2 heterocycles. The average Bonchev–Trinajstić information content (AvgIpc) is 3.59. The van der Waals surface area contributed by atoms with Crippen LogP contribution in [-0.2, 0) is 15.3 Å². The maximum absolute atomic E-state index is 14.4. The minimum atomic E-state index is -1.01. The van der Waals surface area contributed by atoms with Crippen LogP contribution in [0.2, 0.25) is 0 Å². The summed E-state index contributed by atoms with van der Waals surface area (Å²) in [5.41, 5.74) is 2.03. The van der Waals surface area contributed by atoms with Gasteiger partial charge in [0.2, 0.25) is 5.13 Å². The second-order valence-corrected chi connectivity index (χ2v) is 12.1. The van der Waals surface area contributed by atoms with Crippen molar-refractivity contribution in [1.82, 2.24) is 10.2 Å². The largest absolute Gasteiger partial charge is 0.507 e. The van der Waals surface area contributed by atoms with Crippen LogP contribution in [0.4, 0.5) is 9.52 Å². The maximum atomic E-state index is 14.4. The highest BCUT2D eigenvalue weighted by molar-refractivity contribution is 8.00. The summed E-state index contributed by atoms with van der Waals surface area (Å²) in [4.78, 5) is 28.3. The molecule has 216 valence electrons. The maximum Gasteiger partial charge on any atom is 0.301 e. The Morgan fingerprint density at radius 2 is 1.79 bits per heavy atom. The number of Topliss-reactive ketones (excluding diaryl/α,β-unsaturated/α-hetero) is 1. The molecule has 4 aromatic carbocycles. The van der Waals surface area contributed by atoms with Crippen molar-refractivity contribution in [2.45, 2.75) is 30.0 Å². The molecular weight excluding hydrogens is 586 g/mol. The molecule has 0 saturated carbocycles. The Morgan fingerprint density at radius 3 is 2.56 bits per heavy atom. The molecule has 7 nitrogen and oxygen atoms in total. The number of ether oxygens (including phenoxy) is 1. The predicted molar refractivity (Wildman–Crippen MR) is 167 cm³/mol. The summed E-state index contributed by atoms with van der Waals surface area (Å²) < 4.78 is 20.6. The van der Waals surface area contributed by atoms with Gasteiger partial charge in [0.25, 0.3) is 5.78 Å². The van der Waals surface area contributed by atoms with Crippen LogP contribution < -0.4 is 9.64 Å². The van der Waals surface area contributed by atoms with Crippen LogP contribution in [0.3, 0.4) is 0 Å². The lowest BCUT2D eigenvalue weighted by molar-refractivity contribution is -0.132. The Morgan fingerprint density at radius 1 is 1.02 bits per heavy atom. The van der Waals surface area contributed by atoms with Crippen molar-refractivity contribution in [1.29, 1.82) is 0 Å². The van der Waals surface area contributed by atoms with Crippen molar-refractivity contribution < 1.29 is 23.8 Å². The number of amides is 1. The highest BCUT2D eigenvalue weighted by Gasteiger charge is 2.48. The molecule has 1 atom stereocenters. The molecule has 1 aliphatic rings. The minimum Gasteiger partial charge on any atom is -0.507 e. The van der Waals surface area contributed by atoms with E-state index in [0.717, 1.165) is 22.4 Å². The number of fused-ring (bicyclic) bond motifs is 1. The summed E-state index contributed by atoms with van der Waals surface area (Å²) in [6.45, 7) is 3.94. The number of thioether (sulfide) groups is 1. The fourth-order valence-electron chi connectivity index (χ4n) is 5.07. The molecule has 0 radical (unpaired) electrons. The molecule has 0 bridgehead atoms. The van der Waals surface area contributed by atoms with Crippen LogP contribution in [0.15, 0.2) is 94.8 Å². The van der Waals surface area contributed by atoms with Crippen LogP contribution in [0, 0.1) is 12.7 Å². The van der Waals surface area contributed by atoms with Crippen LogP contribution in [-0.4, -0.2) is 33.6 Å². The third kappa shape index (κ3) is 5.51. The van der Waals surface area contributed by atoms with E-state index in [1.807, 2.05) is 25.1 Å². The Kier molecular flexibility index (Phi) is 7.96. The average molecular weight is 612 g/mol. The summed E-state index contributed by atoms with van der Waals surface area (Å²) in [5, 5.41) is 22.4. The first-order valence-electron chi connectivity index (χ1n) is 13.6. The number of carbonyl (C=O) groups is 2. The fourth-order valence-corrected chi connectivity index (χ4v) is 6.94. The molecule has 1 fully saturated rings. The molecule has 0 unspecified atom stereocenters. The van der Waals surface area contributed by atoms with E-state index in [1.165, 1.54) is 40.1 Å². The van der Waals surface area contributed by atoms with E-state index in [1.54, 1.807) is 31.2 Å². The third-order valence-corrected chi connectivity index (χ3v) is 9.33. The summed E-state index contributed by atoms with van der Waals surface area (Å²) in [6.07, 6.45) is 0. The molecule has 1 amide bonds. The summed E-state index contributed by atoms with van der Waals surface area (Å²) in [5.74, 6) is -1.49. The Hall–Kier alpha value is -4.54. The number of nitrogens with zero attached hydrogens (tertiary/aromatic N) is 3. The molecule has 5 aromatic rings. The number of aliphatic hydroxyl groups is 1. The van der Waals surface area contributed by atoms with Crippen molar-refractivity contribution >= 4 is 56.5 Å². The highest BCUT2D eigenvalue weighted by atomic mass is 32.2. The summed E-state index contributed by atoms with van der Waals surface area (Å²) >= 11 is 2.67. The number of hydrogen-bond acceptors (Lipinski definition) is 8. The SMILES string of the molecule is CCOc1ccc([C@H]2C(=C(O)c3ccc(C)c(F)c3)C(=O)C(=O)N2c2nnc(SCc3cccc4ccccc34)s2)cc1. The van der Waals surface area contributed by atoms with Crippen molar-refractivity contribution in [2.75, 3.05) is 11.5 Å². The van der Waals surface area contributed by atoms with E-state index in [4.69, 9.17) is 4.74 Å². The van der Waals surface area contributed by atoms with E-state index in [-0.39, 0.29) is 16.3 Å². The van der Waals surface area contributed by atoms with E-state index in [2.05, 4.69) is 34.5 Å². The lowest BCUT2D eigenvalue weighted by Crippen LogP contribution is -2.29. The number of aliphatic hydroxyl groups excluding tert-OH is 1. The van der Waals surface area contributed by atoms with Gasteiger partial charge in [0.1, 0.15) is 17.3 Å². The fraction of sp³-hybridized carbons (Fsp3) is 0.152. The van der Waals surface area contributed by atoms with Gasteiger partial charge in [0.05, 0.1) is 18.2 Å². The molecule has 0 spiro atoms. The smallest absolute Gasteiger partial charge is 0.301 e. The van der Waals surface area contributed by atoms with E-state index in [0.29, 0.717) is 33.6 Å². The lowest BCUT2D eigenvalue weighted by atomic mass is 9.95. The van der Waals surface area contributed by atoms with Crippen molar-refractivity contribution in [3.8, 4) is 5.75 Å². The zero-order valence-corrected chi connectivity index (χ0v) is 24.9. The number of benzene rings is 4. The number of aryl methyl sites for hydroxylation is 1. The first kappa shape index (κ1) is 28.6. The van der Waals surface area contributed by atoms with E-state index in [9.17, 15) is 19.1 Å². The molecular formula is C33H26FN3O4S2. The molecule has 1 aliphatic heterocycles.